The van der Waals surface area contributed by atoms with Crippen LogP contribution in [0.4, 0.5) is 4.39 Å². The zero-order valence-corrected chi connectivity index (χ0v) is 18.2. The highest BCUT2D eigenvalue weighted by Crippen LogP contribution is 2.33. The number of carbonyl (C=O) groups is 2. The van der Waals surface area contributed by atoms with Gasteiger partial charge in [0.05, 0.1) is 18.0 Å². The number of ether oxygens (including phenoxy) is 1. The molecule has 0 amide bonds. The maximum absolute atomic E-state index is 13.3. The molecule has 1 saturated carbocycles. The molecular weight excluding hydrogens is 411 g/mol. The number of rotatable bonds is 8. The molecule has 3 rings (SSSR count). The van der Waals surface area contributed by atoms with Crippen LogP contribution in [0.5, 0.6) is 0 Å². The Morgan fingerprint density at radius 3 is 2.37 bits per heavy atom. The predicted octanol–water partition coefficient (Wildman–Crippen LogP) is 3.23. The lowest BCUT2D eigenvalue weighted by molar-refractivity contribution is 0.0594. The Morgan fingerprint density at radius 1 is 1.23 bits per heavy atom. The van der Waals surface area contributed by atoms with Gasteiger partial charge in [0.15, 0.2) is 5.78 Å². The maximum Gasteiger partial charge on any atom is 0.354 e. The molecule has 0 radical (unpaired) electrons. The second-order valence-corrected chi connectivity index (χ2v) is 9.52. The molecule has 1 unspecified atom stereocenters. The first kappa shape index (κ1) is 22.2. The summed E-state index contributed by atoms with van der Waals surface area (Å²) in [6, 6.07) is 3.56. The number of hydrogen-bond acceptors (Lipinski definition) is 5. The van der Waals surface area contributed by atoms with Crippen molar-refractivity contribution in [1.82, 2.24) is 9.29 Å². The fourth-order valence-electron chi connectivity index (χ4n) is 3.53. The summed E-state index contributed by atoms with van der Waals surface area (Å²) in [6.07, 6.45) is 1.79. The summed E-state index contributed by atoms with van der Waals surface area (Å²) in [7, 11) is -2.78. The van der Waals surface area contributed by atoms with Crippen molar-refractivity contribution in [3.63, 3.8) is 0 Å². The Hall–Kier alpha value is -2.52. The number of hydrogen-bond donors (Lipinski definition) is 1. The minimum atomic E-state index is -4.02. The van der Waals surface area contributed by atoms with E-state index in [2.05, 4.69) is 4.98 Å². The van der Waals surface area contributed by atoms with Crippen LogP contribution in [0, 0.1) is 25.6 Å². The van der Waals surface area contributed by atoms with Crippen LogP contribution in [0.25, 0.3) is 0 Å². The average molecular weight is 437 g/mol. The summed E-state index contributed by atoms with van der Waals surface area (Å²) in [5.74, 6) is -1.37. The van der Waals surface area contributed by atoms with E-state index in [9.17, 15) is 22.4 Å². The third-order valence-corrected chi connectivity index (χ3v) is 7.39. The van der Waals surface area contributed by atoms with E-state index in [1.54, 1.807) is 13.8 Å². The summed E-state index contributed by atoms with van der Waals surface area (Å²) < 4.78 is 45.8. The molecule has 1 N–H and O–H groups in total. The molecule has 30 heavy (non-hydrogen) atoms. The van der Waals surface area contributed by atoms with Gasteiger partial charge in [-0.05, 0) is 69.4 Å². The van der Waals surface area contributed by atoms with Crippen molar-refractivity contribution >= 4 is 21.8 Å². The molecule has 0 aliphatic heterocycles. The van der Waals surface area contributed by atoms with Crippen molar-refractivity contribution < 1.29 is 27.1 Å². The fourth-order valence-corrected chi connectivity index (χ4v) is 5.20. The topological polar surface area (TPSA) is 96.5 Å². The van der Waals surface area contributed by atoms with E-state index in [1.807, 2.05) is 0 Å². The van der Waals surface area contributed by atoms with Crippen LogP contribution in [0.1, 0.15) is 51.9 Å². The Morgan fingerprint density at radius 2 is 1.83 bits per heavy atom. The molecule has 1 aliphatic rings. The van der Waals surface area contributed by atoms with Crippen molar-refractivity contribution in [2.45, 2.75) is 44.6 Å². The number of methoxy groups -OCH3 is 1. The minimum Gasteiger partial charge on any atom is -0.464 e. The smallest absolute Gasteiger partial charge is 0.354 e. The first-order valence-corrected chi connectivity index (χ1v) is 11.1. The predicted molar refractivity (Wildman–Crippen MR) is 108 cm³/mol. The number of sulfonamides is 1. The second-order valence-electron chi connectivity index (χ2n) is 7.63. The molecular formula is C21H25FN2O5S. The number of aromatic amines is 1. The number of H-pyrrole nitrogens is 1. The monoisotopic (exact) mass is 436 g/mol. The summed E-state index contributed by atoms with van der Waals surface area (Å²) in [5.41, 5.74) is 1.33. The molecule has 1 heterocycles. The molecule has 7 nitrogen and oxygen atoms in total. The van der Waals surface area contributed by atoms with Crippen LogP contribution in [0.2, 0.25) is 0 Å². The van der Waals surface area contributed by atoms with E-state index in [1.165, 1.54) is 30.5 Å². The van der Waals surface area contributed by atoms with Crippen LogP contribution in [0.15, 0.2) is 29.2 Å². The number of ketones is 1. The lowest BCUT2D eigenvalue weighted by Gasteiger charge is -2.28. The highest BCUT2D eigenvalue weighted by molar-refractivity contribution is 7.89. The average Bonchev–Trinajstić information content (AvgIpc) is 3.48. The lowest BCUT2D eigenvalue weighted by Crippen LogP contribution is -2.44. The molecule has 1 aliphatic carbocycles. The number of aryl methyl sites for hydroxylation is 1. The number of nitrogens with zero attached hydrogens (tertiary/aromatic N) is 1. The van der Waals surface area contributed by atoms with E-state index in [-0.39, 0.29) is 28.6 Å². The van der Waals surface area contributed by atoms with Gasteiger partial charge < -0.3 is 9.72 Å². The van der Waals surface area contributed by atoms with Gasteiger partial charge in [0, 0.05) is 17.8 Å². The van der Waals surface area contributed by atoms with Crippen molar-refractivity contribution in [2.75, 3.05) is 13.7 Å². The number of Topliss-reactive ketones (excluding diaryl/α,β-unsaturated/α-hetero) is 1. The summed E-state index contributed by atoms with van der Waals surface area (Å²) >= 11 is 0. The first-order chi connectivity index (χ1) is 14.1. The van der Waals surface area contributed by atoms with Gasteiger partial charge in [-0.25, -0.2) is 17.6 Å². The molecule has 162 valence electrons. The maximum atomic E-state index is 13.3. The zero-order chi connectivity index (χ0) is 22.2. The van der Waals surface area contributed by atoms with Crippen LogP contribution in [-0.4, -0.2) is 49.2 Å². The van der Waals surface area contributed by atoms with Gasteiger partial charge in [-0.3, -0.25) is 4.79 Å². The largest absolute Gasteiger partial charge is 0.464 e. The Labute approximate surface area is 175 Å². The molecule has 2 aromatic rings. The standard InChI is InChI=1S/C21H25FN2O5S/c1-12-18(13(2)23-19(12)21(26)29-4)20(25)14(3)24(11-15-5-6-15)30(27,28)17-9-7-16(22)8-10-17/h7-10,14-15,23H,5-6,11H2,1-4H3. The second kappa shape index (κ2) is 8.31. The molecule has 0 saturated heterocycles. The van der Waals surface area contributed by atoms with Gasteiger partial charge in [-0.15, -0.1) is 0 Å². The number of aromatic nitrogens is 1. The molecule has 0 bridgehead atoms. The molecule has 1 atom stereocenters. The molecule has 1 fully saturated rings. The van der Waals surface area contributed by atoms with E-state index < -0.39 is 33.6 Å². The van der Waals surface area contributed by atoms with Crippen LogP contribution >= 0.6 is 0 Å². The number of benzene rings is 1. The van der Waals surface area contributed by atoms with Crippen LogP contribution < -0.4 is 0 Å². The number of carbonyl (C=O) groups excluding carboxylic acids is 2. The minimum absolute atomic E-state index is 0.0676. The highest BCUT2D eigenvalue weighted by Gasteiger charge is 2.39. The Kier molecular flexibility index (Phi) is 6.14. The number of nitrogens with one attached hydrogen (secondary N) is 1. The number of halogens is 1. The zero-order valence-electron chi connectivity index (χ0n) is 17.4. The van der Waals surface area contributed by atoms with E-state index in [4.69, 9.17) is 4.74 Å². The van der Waals surface area contributed by atoms with Crippen LogP contribution in [-0.2, 0) is 14.8 Å². The van der Waals surface area contributed by atoms with E-state index >= 15 is 0 Å². The Bertz CT molecular complexity index is 1070. The SMILES string of the molecule is COC(=O)c1[nH]c(C)c(C(=O)C(C)N(CC2CC2)S(=O)(=O)c2ccc(F)cc2)c1C. The van der Waals surface area contributed by atoms with Gasteiger partial charge in [0.25, 0.3) is 0 Å². The molecule has 1 aromatic carbocycles. The van der Waals surface area contributed by atoms with Gasteiger partial charge in [0.2, 0.25) is 10.0 Å². The molecule has 0 spiro atoms. The van der Waals surface area contributed by atoms with Gasteiger partial charge in [-0.1, -0.05) is 0 Å². The molecule has 1 aromatic heterocycles. The third-order valence-electron chi connectivity index (χ3n) is 5.44. The fraction of sp³-hybridized carbons (Fsp3) is 0.429. The normalized spacial score (nSPS) is 15.3. The quantitative estimate of drug-likeness (QED) is 0.506. The Balaban J connectivity index is 1.99. The number of esters is 1. The lowest BCUT2D eigenvalue weighted by atomic mass is 10.0. The summed E-state index contributed by atoms with van der Waals surface area (Å²) in [4.78, 5) is 28.1. The highest BCUT2D eigenvalue weighted by atomic mass is 32.2. The van der Waals surface area contributed by atoms with Crippen molar-refractivity contribution in [3.05, 3.63) is 52.6 Å². The van der Waals surface area contributed by atoms with Crippen molar-refractivity contribution in [3.8, 4) is 0 Å². The van der Waals surface area contributed by atoms with Crippen molar-refractivity contribution in [2.24, 2.45) is 5.92 Å². The summed E-state index contributed by atoms with van der Waals surface area (Å²) in [5, 5.41) is 0. The first-order valence-electron chi connectivity index (χ1n) is 9.67. The molecule has 9 heteroatoms. The van der Waals surface area contributed by atoms with E-state index in [0.717, 1.165) is 25.0 Å². The van der Waals surface area contributed by atoms with Crippen molar-refractivity contribution in [1.29, 1.82) is 0 Å². The third kappa shape index (κ3) is 4.17. The van der Waals surface area contributed by atoms with Crippen LogP contribution in [0.3, 0.4) is 0 Å². The van der Waals surface area contributed by atoms with Gasteiger partial charge >= 0.3 is 5.97 Å². The summed E-state index contributed by atoms with van der Waals surface area (Å²) in [6.45, 7) is 5.02. The van der Waals surface area contributed by atoms with E-state index in [0.29, 0.717) is 11.3 Å². The van der Waals surface area contributed by atoms with Gasteiger partial charge in [-0.2, -0.15) is 4.31 Å². The van der Waals surface area contributed by atoms with Gasteiger partial charge in [0.1, 0.15) is 11.5 Å².